The van der Waals surface area contributed by atoms with Crippen LogP contribution in [0.15, 0.2) is 59.7 Å². The van der Waals surface area contributed by atoms with Crippen molar-refractivity contribution in [3.8, 4) is 0 Å². The average molecular weight is 363 g/mol. The van der Waals surface area contributed by atoms with E-state index in [1.807, 2.05) is 30.3 Å². The molecule has 1 fully saturated rings. The van der Waals surface area contributed by atoms with Gasteiger partial charge in [0.05, 0.1) is 11.8 Å². The SMILES string of the molecule is O=C1NC(N/N=C/c2ccc(C(F)(F)F)cc2)NNC1c1ccccc1. The quantitative estimate of drug-likeness (QED) is 0.494. The third kappa shape index (κ3) is 4.38. The van der Waals surface area contributed by atoms with Crippen molar-refractivity contribution in [3.63, 3.8) is 0 Å². The molecule has 1 amide bonds. The van der Waals surface area contributed by atoms with Gasteiger partial charge in [-0.25, -0.2) is 10.9 Å². The fraction of sp³-hybridized carbons (Fsp3) is 0.176. The molecule has 1 saturated heterocycles. The first kappa shape index (κ1) is 17.9. The Morgan fingerprint density at radius 2 is 1.69 bits per heavy atom. The lowest BCUT2D eigenvalue weighted by molar-refractivity contribution is -0.137. The van der Waals surface area contributed by atoms with Gasteiger partial charge in [-0.3, -0.25) is 10.2 Å². The zero-order chi connectivity index (χ0) is 18.6. The predicted octanol–water partition coefficient (Wildman–Crippen LogP) is 1.88. The highest BCUT2D eigenvalue weighted by Gasteiger charge is 2.30. The number of halogens is 3. The van der Waals surface area contributed by atoms with Crippen molar-refractivity contribution in [3.05, 3.63) is 71.3 Å². The molecule has 1 aliphatic rings. The molecule has 0 aromatic heterocycles. The highest BCUT2D eigenvalue weighted by molar-refractivity contribution is 5.84. The molecule has 3 rings (SSSR count). The predicted molar refractivity (Wildman–Crippen MR) is 89.6 cm³/mol. The third-order valence-corrected chi connectivity index (χ3v) is 3.71. The minimum absolute atomic E-state index is 0.239. The number of nitrogens with zero attached hydrogens (tertiary/aromatic N) is 1. The fourth-order valence-corrected chi connectivity index (χ4v) is 2.38. The van der Waals surface area contributed by atoms with Gasteiger partial charge < -0.3 is 5.32 Å². The van der Waals surface area contributed by atoms with Gasteiger partial charge in [-0.1, -0.05) is 42.5 Å². The molecule has 0 bridgehead atoms. The van der Waals surface area contributed by atoms with Crippen LogP contribution >= 0.6 is 0 Å². The molecule has 0 saturated carbocycles. The van der Waals surface area contributed by atoms with Crippen LogP contribution in [0.2, 0.25) is 0 Å². The molecule has 2 aromatic carbocycles. The number of carbonyl (C=O) groups excluding carboxylic acids is 1. The minimum Gasteiger partial charge on any atom is -0.320 e. The van der Waals surface area contributed by atoms with Crippen LogP contribution in [0.5, 0.6) is 0 Å². The largest absolute Gasteiger partial charge is 0.416 e. The van der Waals surface area contributed by atoms with Gasteiger partial charge in [0.25, 0.3) is 0 Å². The smallest absolute Gasteiger partial charge is 0.320 e. The van der Waals surface area contributed by atoms with E-state index >= 15 is 0 Å². The first-order valence-electron chi connectivity index (χ1n) is 7.76. The Morgan fingerprint density at radius 1 is 1.00 bits per heavy atom. The van der Waals surface area contributed by atoms with Gasteiger partial charge >= 0.3 is 6.18 Å². The fourth-order valence-electron chi connectivity index (χ4n) is 2.38. The van der Waals surface area contributed by atoms with E-state index in [4.69, 9.17) is 0 Å². The van der Waals surface area contributed by atoms with Crippen LogP contribution in [-0.2, 0) is 11.0 Å². The Balaban J connectivity index is 1.53. The van der Waals surface area contributed by atoms with Crippen LogP contribution in [0.4, 0.5) is 13.2 Å². The van der Waals surface area contributed by atoms with E-state index in [0.29, 0.717) is 5.56 Å². The van der Waals surface area contributed by atoms with Crippen LogP contribution in [0, 0.1) is 0 Å². The topological polar surface area (TPSA) is 77.5 Å². The van der Waals surface area contributed by atoms with E-state index in [-0.39, 0.29) is 5.91 Å². The number of hydrazine groups is 1. The highest BCUT2D eigenvalue weighted by atomic mass is 19.4. The molecule has 9 heteroatoms. The molecule has 0 spiro atoms. The zero-order valence-corrected chi connectivity index (χ0v) is 13.4. The van der Waals surface area contributed by atoms with Gasteiger partial charge in [-0.2, -0.15) is 18.3 Å². The van der Waals surface area contributed by atoms with E-state index in [0.717, 1.165) is 17.7 Å². The van der Waals surface area contributed by atoms with Gasteiger partial charge in [0.15, 0.2) is 6.29 Å². The number of alkyl halides is 3. The summed E-state index contributed by atoms with van der Waals surface area (Å²) in [5, 5.41) is 6.61. The van der Waals surface area contributed by atoms with Crippen molar-refractivity contribution in [1.82, 2.24) is 21.6 Å². The normalized spacial score (nSPS) is 20.8. The molecule has 26 heavy (non-hydrogen) atoms. The van der Waals surface area contributed by atoms with Crippen molar-refractivity contribution in [2.24, 2.45) is 5.10 Å². The van der Waals surface area contributed by atoms with Gasteiger partial charge in [-0.15, -0.1) is 0 Å². The van der Waals surface area contributed by atoms with Crippen LogP contribution in [0.25, 0.3) is 0 Å². The highest BCUT2D eigenvalue weighted by Crippen LogP contribution is 2.28. The number of rotatable bonds is 4. The van der Waals surface area contributed by atoms with Crippen molar-refractivity contribution in [2.45, 2.75) is 18.5 Å². The number of carbonyl (C=O) groups is 1. The lowest BCUT2D eigenvalue weighted by Crippen LogP contribution is -2.65. The number of hydrogen-bond acceptors (Lipinski definition) is 5. The molecule has 136 valence electrons. The van der Waals surface area contributed by atoms with E-state index in [2.05, 4.69) is 26.7 Å². The van der Waals surface area contributed by atoms with E-state index in [1.54, 1.807) is 0 Å². The lowest BCUT2D eigenvalue weighted by Gasteiger charge is -2.31. The molecule has 1 aliphatic heterocycles. The van der Waals surface area contributed by atoms with Crippen molar-refractivity contribution >= 4 is 12.1 Å². The van der Waals surface area contributed by atoms with Crippen molar-refractivity contribution in [1.29, 1.82) is 0 Å². The summed E-state index contributed by atoms with van der Waals surface area (Å²) in [7, 11) is 0. The number of amides is 1. The van der Waals surface area contributed by atoms with Gasteiger partial charge in [-0.05, 0) is 23.3 Å². The van der Waals surface area contributed by atoms with Crippen molar-refractivity contribution in [2.75, 3.05) is 0 Å². The first-order valence-corrected chi connectivity index (χ1v) is 7.76. The van der Waals surface area contributed by atoms with Crippen LogP contribution < -0.4 is 21.6 Å². The minimum atomic E-state index is -4.37. The molecular weight excluding hydrogens is 347 g/mol. The Morgan fingerprint density at radius 3 is 2.31 bits per heavy atom. The third-order valence-electron chi connectivity index (χ3n) is 3.71. The number of hydrogen-bond donors (Lipinski definition) is 4. The maximum atomic E-state index is 12.5. The molecule has 1 heterocycles. The lowest BCUT2D eigenvalue weighted by atomic mass is 10.1. The molecule has 6 nitrogen and oxygen atoms in total. The summed E-state index contributed by atoms with van der Waals surface area (Å²) in [4.78, 5) is 12.2. The molecule has 0 aliphatic carbocycles. The summed E-state index contributed by atoms with van der Waals surface area (Å²) in [5.41, 5.74) is 8.98. The Labute approximate surface area is 147 Å². The number of nitrogens with one attached hydrogen (secondary N) is 4. The standard InChI is InChI=1S/C17H16F3N5O/c18-17(19,20)13-8-6-11(7-9-13)10-21-24-16-22-15(26)14(23-25-16)12-4-2-1-3-5-12/h1-10,14,16,23-25H,(H,22,26)/b21-10+. The Hall–Kier alpha value is -2.91. The zero-order valence-electron chi connectivity index (χ0n) is 13.4. The molecule has 2 aromatic rings. The second kappa shape index (κ2) is 7.54. The van der Waals surface area contributed by atoms with Gasteiger partial charge in [0, 0.05) is 0 Å². The number of hydrazone groups is 1. The Kier molecular flexibility index (Phi) is 5.19. The molecule has 2 unspecified atom stereocenters. The summed E-state index contributed by atoms with van der Waals surface area (Å²) in [6.07, 6.45) is -3.67. The summed E-state index contributed by atoms with van der Waals surface area (Å²) >= 11 is 0. The second-order valence-corrected chi connectivity index (χ2v) is 5.58. The monoisotopic (exact) mass is 363 g/mol. The molecule has 4 N–H and O–H groups in total. The second-order valence-electron chi connectivity index (χ2n) is 5.58. The van der Waals surface area contributed by atoms with Crippen LogP contribution in [0.3, 0.4) is 0 Å². The maximum Gasteiger partial charge on any atom is 0.416 e. The number of benzene rings is 2. The summed E-state index contributed by atoms with van der Waals surface area (Å²) < 4.78 is 37.5. The molecular formula is C17H16F3N5O. The van der Waals surface area contributed by atoms with Gasteiger partial charge in [0.2, 0.25) is 5.91 Å². The summed E-state index contributed by atoms with van der Waals surface area (Å²) in [5.74, 6) is -0.239. The van der Waals surface area contributed by atoms with E-state index in [1.165, 1.54) is 18.3 Å². The summed E-state index contributed by atoms with van der Waals surface area (Å²) in [6, 6.07) is 13.2. The van der Waals surface area contributed by atoms with E-state index in [9.17, 15) is 18.0 Å². The van der Waals surface area contributed by atoms with E-state index < -0.39 is 24.1 Å². The molecule has 0 radical (unpaired) electrons. The average Bonchev–Trinajstić information content (AvgIpc) is 2.62. The summed E-state index contributed by atoms with van der Waals surface area (Å²) in [6.45, 7) is 0. The van der Waals surface area contributed by atoms with Crippen LogP contribution in [0.1, 0.15) is 22.7 Å². The van der Waals surface area contributed by atoms with Crippen LogP contribution in [-0.4, -0.2) is 18.4 Å². The maximum absolute atomic E-state index is 12.5. The molecule has 2 atom stereocenters. The van der Waals surface area contributed by atoms with Gasteiger partial charge in [0.1, 0.15) is 6.04 Å². The van der Waals surface area contributed by atoms with Crippen molar-refractivity contribution < 1.29 is 18.0 Å². The Bertz CT molecular complexity index is 777. The first-order chi connectivity index (χ1) is 12.4.